The van der Waals surface area contributed by atoms with Gasteiger partial charge in [0.25, 0.3) is 5.91 Å². The molecule has 0 aliphatic rings. The van der Waals surface area contributed by atoms with Gasteiger partial charge in [0.2, 0.25) is 0 Å². The molecule has 0 saturated heterocycles. The summed E-state index contributed by atoms with van der Waals surface area (Å²) in [6.45, 7) is 1.80. The number of benzene rings is 2. The first kappa shape index (κ1) is 17.5. The van der Waals surface area contributed by atoms with Crippen LogP contribution >= 0.6 is 22.9 Å². The lowest BCUT2D eigenvalue weighted by Crippen LogP contribution is -2.14. The zero-order valence-corrected chi connectivity index (χ0v) is 15.9. The number of aromatic nitrogens is 1. The van der Waals surface area contributed by atoms with E-state index in [0.29, 0.717) is 26.9 Å². The molecule has 0 aliphatic heterocycles. The summed E-state index contributed by atoms with van der Waals surface area (Å²) in [4.78, 5) is 29.2. The van der Waals surface area contributed by atoms with E-state index in [9.17, 15) is 9.59 Å². The van der Waals surface area contributed by atoms with Gasteiger partial charge in [0, 0.05) is 11.1 Å². The monoisotopic (exact) mass is 400 g/mol. The van der Waals surface area contributed by atoms with E-state index in [1.54, 1.807) is 32.2 Å². The van der Waals surface area contributed by atoms with Gasteiger partial charge in [-0.1, -0.05) is 22.9 Å². The third-order valence-electron chi connectivity index (χ3n) is 4.05. The SMILES string of the molecule is COc1ccc2nc(NC(=O)c3cc(=O)c4cc(Cl)c(C)cc4o3)sc2c1. The molecule has 27 heavy (non-hydrogen) atoms. The number of nitrogens with one attached hydrogen (secondary N) is 1. The summed E-state index contributed by atoms with van der Waals surface area (Å²) >= 11 is 7.36. The maximum Gasteiger partial charge on any atom is 0.293 e. The van der Waals surface area contributed by atoms with Crippen LogP contribution < -0.4 is 15.5 Å². The van der Waals surface area contributed by atoms with Gasteiger partial charge in [-0.25, -0.2) is 4.98 Å². The molecule has 1 N–H and O–H groups in total. The number of aryl methyl sites for hydroxylation is 1. The largest absolute Gasteiger partial charge is 0.497 e. The van der Waals surface area contributed by atoms with Crippen molar-refractivity contribution in [3.63, 3.8) is 0 Å². The van der Waals surface area contributed by atoms with Gasteiger partial charge in [0.15, 0.2) is 16.3 Å². The predicted molar refractivity (Wildman–Crippen MR) is 106 cm³/mol. The van der Waals surface area contributed by atoms with Crippen molar-refractivity contribution in [1.29, 1.82) is 0 Å². The van der Waals surface area contributed by atoms with Crippen molar-refractivity contribution in [2.45, 2.75) is 6.92 Å². The van der Waals surface area contributed by atoms with E-state index in [-0.39, 0.29) is 11.2 Å². The van der Waals surface area contributed by atoms with Crippen molar-refractivity contribution >= 4 is 55.2 Å². The Kier molecular flexibility index (Phi) is 4.33. The zero-order valence-electron chi connectivity index (χ0n) is 14.3. The first-order valence-corrected chi connectivity index (χ1v) is 9.14. The molecular formula is C19H13ClN2O4S. The maximum atomic E-state index is 12.5. The second-order valence-electron chi connectivity index (χ2n) is 5.88. The molecule has 0 saturated carbocycles. The minimum atomic E-state index is -0.548. The molecule has 2 heterocycles. The summed E-state index contributed by atoms with van der Waals surface area (Å²) in [6, 6.07) is 9.78. The number of carbonyl (C=O) groups excluding carboxylic acids is 1. The first-order chi connectivity index (χ1) is 12.9. The Morgan fingerprint density at radius 2 is 2.07 bits per heavy atom. The molecule has 2 aromatic carbocycles. The van der Waals surface area contributed by atoms with Crippen LogP contribution in [0.4, 0.5) is 5.13 Å². The normalized spacial score (nSPS) is 11.1. The number of thiazole rings is 1. The molecule has 0 fully saturated rings. The van der Waals surface area contributed by atoms with Crippen LogP contribution in [-0.2, 0) is 0 Å². The summed E-state index contributed by atoms with van der Waals surface area (Å²) in [5.41, 5.74) is 1.47. The topological polar surface area (TPSA) is 81.4 Å². The van der Waals surface area contributed by atoms with Gasteiger partial charge in [0.05, 0.1) is 22.7 Å². The number of nitrogens with zero attached hydrogens (tertiary/aromatic N) is 1. The number of fused-ring (bicyclic) bond motifs is 2. The second kappa shape index (κ2) is 6.68. The van der Waals surface area contributed by atoms with Crippen molar-refractivity contribution in [2.24, 2.45) is 0 Å². The minimum Gasteiger partial charge on any atom is -0.497 e. The number of halogens is 1. The number of carbonyl (C=O) groups is 1. The Labute approximate surface area is 162 Å². The molecule has 136 valence electrons. The van der Waals surface area contributed by atoms with E-state index in [2.05, 4.69) is 10.3 Å². The van der Waals surface area contributed by atoms with Gasteiger partial charge in [0.1, 0.15) is 11.3 Å². The van der Waals surface area contributed by atoms with Crippen LogP contribution in [0.1, 0.15) is 16.1 Å². The summed E-state index contributed by atoms with van der Waals surface area (Å²) < 4.78 is 11.7. The quantitative estimate of drug-likeness (QED) is 0.542. The van der Waals surface area contributed by atoms with Crippen molar-refractivity contribution in [1.82, 2.24) is 4.98 Å². The Morgan fingerprint density at radius 3 is 2.85 bits per heavy atom. The molecule has 4 rings (SSSR count). The van der Waals surface area contributed by atoms with Crippen LogP contribution in [0.2, 0.25) is 5.02 Å². The van der Waals surface area contributed by atoms with Gasteiger partial charge >= 0.3 is 0 Å². The smallest absolute Gasteiger partial charge is 0.293 e. The van der Waals surface area contributed by atoms with Crippen LogP contribution in [-0.4, -0.2) is 18.0 Å². The maximum absolute atomic E-state index is 12.5. The molecule has 0 unspecified atom stereocenters. The van der Waals surface area contributed by atoms with Gasteiger partial charge in [-0.15, -0.1) is 0 Å². The molecule has 4 aromatic rings. The lowest BCUT2D eigenvalue weighted by atomic mass is 10.1. The number of rotatable bonds is 3. The van der Waals surface area contributed by atoms with Gasteiger partial charge < -0.3 is 9.15 Å². The molecule has 0 bridgehead atoms. The van der Waals surface area contributed by atoms with E-state index in [1.807, 2.05) is 12.1 Å². The van der Waals surface area contributed by atoms with Crippen molar-refractivity contribution in [3.8, 4) is 5.75 Å². The van der Waals surface area contributed by atoms with Crippen LogP contribution in [0.5, 0.6) is 5.75 Å². The van der Waals surface area contributed by atoms with Gasteiger partial charge in [-0.3, -0.25) is 14.9 Å². The van der Waals surface area contributed by atoms with E-state index in [4.69, 9.17) is 20.8 Å². The summed E-state index contributed by atoms with van der Waals surface area (Å²) in [7, 11) is 1.58. The number of anilines is 1. The van der Waals surface area contributed by atoms with Crippen molar-refractivity contribution in [2.75, 3.05) is 12.4 Å². The molecule has 0 atom stereocenters. The second-order valence-corrected chi connectivity index (χ2v) is 7.32. The van der Waals surface area contributed by atoms with Crippen molar-refractivity contribution < 1.29 is 13.9 Å². The third-order valence-corrected chi connectivity index (χ3v) is 5.39. The summed E-state index contributed by atoms with van der Waals surface area (Å²) in [5, 5.41) is 3.87. The molecule has 0 aliphatic carbocycles. The van der Waals surface area contributed by atoms with Crippen LogP contribution in [0.3, 0.4) is 0 Å². The highest BCUT2D eigenvalue weighted by Gasteiger charge is 2.16. The number of hydrogen-bond acceptors (Lipinski definition) is 6. The zero-order chi connectivity index (χ0) is 19.1. The highest BCUT2D eigenvalue weighted by Crippen LogP contribution is 2.29. The van der Waals surface area contributed by atoms with Crippen molar-refractivity contribution in [3.05, 3.63) is 63.0 Å². The highest BCUT2D eigenvalue weighted by atomic mass is 35.5. The Bertz CT molecular complexity index is 1260. The first-order valence-electron chi connectivity index (χ1n) is 7.94. The molecular weight excluding hydrogens is 388 g/mol. The fourth-order valence-corrected chi connectivity index (χ4v) is 3.69. The van der Waals surface area contributed by atoms with Gasteiger partial charge in [-0.05, 0) is 42.8 Å². The fourth-order valence-electron chi connectivity index (χ4n) is 2.63. The van der Waals surface area contributed by atoms with Crippen LogP contribution in [0.25, 0.3) is 21.2 Å². The number of hydrogen-bond donors (Lipinski definition) is 1. The summed E-state index contributed by atoms with van der Waals surface area (Å²) in [5.74, 6) is 0.0669. The fraction of sp³-hybridized carbons (Fsp3) is 0.105. The van der Waals surface area contributed by atoms with E-state index >= 15 is 0 Å². The number of methoxy groups -OCH3 is 1. The molecule has 1 amide bonds. The Morgan fingerprint density at radius 1 is 1.26 bits per heavy atom. The average molecular weight is 401 g/mol. The summed E-state index contributed by atoms with van der Waals surface area (Å²) in [6.07, 6.45) is 0. The number of ether oxygens (including phenoxy) is 1. The van der Waals surface area contributed by atoms with Crippen LogP contribution in [0.15, 0.2) is 45.6 Å². The average Bonchev–Trinajstić information content (AvgIpc) is 3.04. The number of amides is 1. The molecule has 8 heteroatoms. The Hall–Kier alpha value is -2.90. The Balaban J connectivity index is 1.68. The minimum absolute atomic E-state index is 0.0916. The predicted octanol–water partition coefficient (Wildman–Crippen LogP) is 4.63. The van der Waals surface area contributed by atoms with Crippen LogP contribution in [0, 0.1) is 6.92 Å². The third kappa shape index (κ3) is 3.27. The highest BCUT2D eigenvalue weighted by molar-refractivity contribution is 7.22. The molecule has 0 spiro atoms. The lowest BCUT2D eigenvalue weighted by molar-refractivity contribution is 0.0997. The molecule has 6 nitrogen and oxygen atoms in total. The standard InChI is InChI=1S/C19H13ClN2O4S/c1-9-5-15-11(7-12(9)20)14(23)8-16(26-15)18(24)22-19-21-13-4-3-10(25-2)6-17(13)27-19/h3-8H,1-2H3,(H,21,22,24). The van der Waals surface area contributed by atoms with E-state index in [0.717, 1.165) is 21.8 Å². The van der Waals surface area contributed by atoms with Gasteiger partial charge in [-0.2, -0.15) is 0 Å². The molecule has 2 aromatic heterocycles. The van der Waals surface area contributed by atoms with E-state index in [1.165, 1.54) is 11.3 Å². The molecule has 0 radical (unpaired) electrons. The lowest BCUT2D eigenvalue weighted by Gasteiger charge is -2.04. The van der Waals surface area contributed by atoms with E-state index < -0.39 is 5.91 Å².